The van der Waals surface area contributed by atoms with E-state index in [0.717, 1.165) is 16.5 Å². The van der Waals surface area contributed by atoms with Crippen molar-refractivity contribution in [3.63, 3.8) is 0 Å². The van der Waals surface area contributed by atoms with Crippen molar-refractivity contribution >= 4 is 33.2 Å². The van der Waals surface area contributed by atoms with Crippen LogP contribution in [0.2, 0.25) is 0 Å². The number of nitriles is 2. The maximum absolute atomic E-state index is 13.5. The zero-order valence-electron chi connectivity index (χ0n) is 23.4. The normalized spacial score (nSPS) is 12.3. The van der Waals surface area contributed by atoms with E-state index in [-0.39, 0.29) is 5.41 Å². The van der Waals surface area contributed by atoms with E-state index in [0.29, 0.717) is 45.6 Å². The number of nitrogens with one attached hydrogen (secondary N) is 2. The lowest BCUT2D eigenvalue weighted by molar-refractivity contribution is 0.269. The minimum absolute atomic E-state index is 0.0767. The number of hydrogen-bond donors (Lipinski definition) is 2. The molecule has 0 aliphatic rings. The summed E-state index contributed by atoms with van der Waals surface area (Å²) in [5.74, 6) is 0. The highest BCUT2D eigenvalue weighted by Crippen LogP contribution is 2.35. The highest BCUT2D eigenvalue weighted by Gasteiger charge is 2.24. The monoisotopic (exact) mass is 565 g/mol. The minimum atomic E-state index is -1.08. The number of anilines is 2. The number of hydrogen-bond acceptors (Lipinski definition) is 8. The van der Waals surface area contributed by atoms with Crippen LogP contribution in [-0.2, 0) is 0 Å². The number of halogens is 2. The molecule has 11 heteroatoms. The molecule has 0 aliphatic heterocycles. The van der Waals surface area contributed by atoms with Crippen molar-refractivity contribution in [3.05, 3.63) is 83.4 Å². The summed E-state index contributed by atoms with van der Waals surface area (Å²) in [6.07, 6.45) is 4.69. The fourth-order valence-electron chi connectivity index (χ4n) is 4.74. The fraction of sp³-hybridized carbons (Fsp3) is 0.290. The van der Waals surface area contributed by atoms with Crippen molar-refractivity contribution in [1.82, 2.24) is 25.0 Å². The van der Waals surface area contributed by atoms with Gasteiger partial charge in [-0.25, -0.2) is 13.5 Å². The second-order valence-corrected chi connectivity index (χ2v) is 11.2. The van der Waals surface area contributed by atoms with E-state index in [2.05, 4.69) is 63.8 Å². The summed E-state index contributed by atoms with van der Waals surface area (Å²) in [4.78, 5) is 8.89. The molecule has 212 valence electrons. The van der Waals surface area contributed by atoms with E-state index in [1.165, 1.54) is 17.1 Å². The second kappa shape index (κ2) is 11.8. The first-order valence-electron chi connectivity index (χ1n) is 13.4. The van der Waals surface area contributed by atoms with Crippen molar-refractivity contribution in [1.29, 1.82) is 10.5 Å². The molecule has 0 spiro atoms. The van der Waals surface area contributed by atoms with Gasteiger partial charge in [-0.3, -0.25) is 9.97 Å². The van der Waals surface area contributed by atoms with Crippen LogP contribution in [0.4, 0.5) is 20.2 Å². The Hall–Kier alpha value is -5.16. The van der Waals surface area contributed by atoms with Gasteiger partial charge in [0.15, 0.2) is 0 Å². The number of pyridine rings is 2. The lowest BCUT2D eigenvalue weighted by atomic mass is 9.96. The standard InChI is InChI=1S/C31H29F2N9/c1-31(2,3)18-38-29-20(15-35)16-37-28-19(14-34)10-21(11-25(28)29)39-30(27-17-42(41-40-27)22(12-32)13-33)24-6-4-8-26-23(24)7-5-9-36-26/h4-11,16-17,22,30,39H,12-13,18H2,1-3H3,(H,37,38). The molecule has 0 radical (unpaired) electrons. The van der Waals surface area contributed by atoms with Crippen molar-refractivity contribution in [2.75, 3.05) is 30.5 Å². The third kappa shape index (κ3) is 5.68. The van der Waals surface area contributed by atoms with Gasteiger partial charge in [0, 0.05) is 35.4 Å². The predicted molar refractivity (Wildman–Crippen MR) is 157 cm³/mol. The van der Waals surface area contributed by atoms with Gasteiger partial charge in [-0.2, -0.15) is 10.5 Å². The van der Waals surface area contributed by atoms with Crippen molar-refractivity contribution < 1.29 is 8.78 Å². The van der Waals surface area contributed by atoms with Gasteiger partial charge in [0.05, 0.1) is 40.1 Å². The van der Waals surface area contributed by atoms with E-state index in [9.17, 15) is 19.3 Å². The number of aromatic nitrogens is 5. The van der Waals surface area contributed by atoms with Crippen LogP contribution in [0, 0.1) is 28.1 Å². The zero-order valence-corrected chi connectivity index (χ0v) is 23.4. The summed E-state index contributed by atoms with van der Waals surface area (Å²) >= 11 is 0. The van der Waals surface area contributed by atoms with Gasteiger partial charge in [-0.05, 0) is 35.2 Å². The Balaban J connectivity index is 1.68. The van der Waals surface area contributed by atoms with Gasteiger partial charge in [0.2, 0.25) is 0 Å². The molecule has 1 atom stereocenters. The molecule has 9 nitrogen and oxygen atoms in total. The second-order valence-electron chi connectivity index (χ2n) is 11.2. The molecule has 5 rings (SSSR count). The van der Waals surface area contributed by atoms with Gasteiger partial charge in [-0.1, -0.05) is 44.2 Å². The molecule has 2 N–H and O–H groups in total. The van der Waals surface area contributed by atoms with E-state index in [1.807, 2.05) is 36.4 Å². The van der Waals surface area contributed by atoms with Gasteiger partial charge in [-0.15, -0.1) is 5.10 Å². The Morgan fingerprint density at radius 1 is 0.976 bits per heavy atom. The average molecular weight is 566 g/mol. The van der Waals surface area contributed by atoms with Crippen molar-refractivity contribution in [3.8, 4) is 12.1 Å². The maximum atomic E-state index is 13.5. The minimum Gasteiger partial charge on any atom is -0.383 e. The summed E-state index contributed by atoms with van der Waals surface area (Å²) in [7, 11) is 0. The lowest BCUT2D eigenvalue weighted by Crippen LogP contribution is -2.20. The molecular formula is C31H29F2N9. The maximum Gasteiger partial charge on any atom is 0.114 e. The number of nitrogens with zero attached hydrogens (tertiary/aromatic N) is 7. The first kappa shape index (κ1) is 28.4. The molecule has 0 bridgehead atoms. The Labute approximate surface area is 241 Å². The largest absolute Gasteiger partial charge is 0.383 e. The molecule has 0 amide bonds. The number of alkyl halides is 2. The van der Waals surface area contributed by atoms with Gasteiger partial charge in [0.1, 0.15) is 37.2 Å². The quantitative estimate of drug-likeness (QED) is 0.214. The summed E-state index contributed by atoms with van der Waals surface area (Å²) in [5.41, 5.74) is 4.19. The summed E-state index contributed by atoms with van der Waals surface area (Å²) in [5, 5.41) is 36.5. The number of benzene rings is 2. The summed E-state index contributed by atoms with van der Waals surface area (Å²) in [6.45, 7) is 4.97. The molecule has 3 heterocycles. The Morgan fingerprint density at radius 3 is 2.48 bits per heavy atom. The van der Waals surface area contributed by atoms with Crippen LogP contribution < -0.4 is 10.6 Å². The van der Waals surface area contributed by atoms with Gasteiger partial charge in [0.25, 0.3) is 0 Å². The van der Waals surface area contributed by atoms with Crippen LogP contribution in [0.25, 0.3) is 21.8 Å². The van der Waals surface area contributed by atoms with E-state index >= 15 is 0 Å². The Bertz CT molecular complexity index is 1820. The Morgan fingerprint density at radius 2 is 1.76 bits per heavy atom. The Kier molecular flexibility index (Phi) is 7.94. The van der Waals surface area contributed by atoms with Crippen LogP contribution in [0.3, 0.4) is 0 Å². The molecule has 1 unspecified atom stereocenters. The van der Waals surface area contributed by atoms with Gasteiger partial charge >= 0.3 is 0 Å². The van der Waals surface area contributed by atoms with Crippen LogP contribution in [0.1, 0.15) is 55.2 Å². The summed E-state index contributed by atoms with van der Waals surface area (Å²) in [6, 6.07) is 15.7. The first-order valence-corrected chi connectivity index (χ1v) is 13.4. The van der Waals surface area contributed by atoms with E-state index in [1.54, 1.807) is 12.3 Å². The average Bonchev–Trinajstić information content (AvgIpc) is 3.47. The molecule has 0 saturated carbocycles. The van der Waals surface area contributed by atoms with Crippen LogP contribution in [0.15, 0.2) is 61.1 Å². The molecule has 2 aromatic carbocycles. The summed E-state index contributed by atoms with van der Waals surface area (Å²) < 4.78 is 28.2. The molecule has 0 aliphatic carbocycles. The SMILES string of the molecule is CC(C)(C)CNc1c(C#N)cnc2c(C#N)cc(NC(c3cn(C(CF)CF)nn3)c3cccc4ncccc34)cc12. The van der Waals surface area contributed by atoms with E-state index < -0.39 is 25.4 Å². The third-order valence-electron chi connectivity index (χ3n) is 6.86. The molecule has 3 aromatic heterocycles. The highest BCUT2D eigenvalue weighted by atomic mass is 19.1. The zero-order chi connectivity index (χ0) is 29.9. The van der Waals surface area contributed by atoms with Crippen molar-refractivity contribution in [2.24, 2.45) is 5.41 Å². The molecule has 0 saturated heterocycles. The predicted octanol–water partition coefficient (Wildman–Crippen LogP) is 6.26. The van der Waals surface area contributed by atoms with Crippen molar-refractivity contribution in [2.45, 2.75) is 32.9 Å². The smallest absolute Gasteiger partial charge is 0.114 e. The highest BCUT2D eigenvalue weighted by molar-refractivity contribution is 5.99. The van der Waals surface area contributed by atoms with E-state index in [4.69, 9.17) is 0 Å². The third-order valence-corrected chi connectivity index (χ3v) is 6.86. The first-order chi connectivity index (χ1) is 20.3. The molecular weight excluding hydrogens is 536 g/mol. The lowest BCUT2D eigenvalue weighted by Gasteiger charge is -2.23. The molecule has 42 heavy (non-hydrogen) atoms. The number of fused-ring (bicyclic) bond motifs is 2. The fourth-order valence-corrected chi connectivity index (χ4v) is 4.74. The van der Waals surface area contributed by atoms with Gasteiger partial charge < -0.3 is 10.6 Å². The van der Waals surface area contributed by atoms with Crippen LogP contribution in [0.5, 0.6) is 0 Å². The van der Waals surface area contributed by atoms with Crippen LogP contribution >= 0.6 is 0 Å². The topological polar surface area (TPSA) is 128 Å². The molecule has 5 aromatic rings. The van der Waals surface area contributed by atoms with Crippen LogP contribution in [-0.4, -0.2) is 44.9 Å². The molecule has 0 fully saturated rings. The number of rotatable bonds is 9.